The van der Waals surface area contributed by atoms with Crippen molar-refractivity contribution in [2.75, 3.05) is 0 Å². The van der Waals surface area contributed by atoms with Crippen LogP contribution in [0, 0.1) is 47.3 Å². The molecular weight excluding hydrogens is 216 g/mol. The Bertz CT molecular complexity index is 242. The Morgan fingerprint density at radius 3 is 1.89 bits per heavy atom. The maximum absolute atomic E-state index is 2.52. The molecule has 1 saturated carbocycles. The van der Waals surface area contributed by atoms with E-state index in [0.717, 1.165) is 47.3 Å². The normalized spacial score (nSPS) is 34.2. The lowest BCUT2D eigenvalue weighted by atomic mass is 9.76. The van der Waals surface area contributed by atoms with Gasteiger partial charge in [-0.3, -0.25) is 0 Å². The Morgan fingerprint density at radius 1 is 0.889 bits per heavy atom. The van der Waals surface area contributed by atoms with E-state index in [2.05, 4.69) is 55.4 Å². The molecule has 0 saturated heterocycles. The summed E-state index contributed by atoms with van der Waals surface area (Å²) < 4.78 is 0. The van der Waals surface area contributed by atoms with Gasteiger partial charge in [0, 0.05) is 0 Å². The summed E-state index contributed by atoms with van der Waals surface area (Å²) in [7, 11) is 0. The monoisotopic (exact) mass is 252 g/mol. The van der Waals surface area contributed by atoms with Crippen LogP contribution in [-0.4, -0.2) is 0 Å². The summed E-state index contributed by atoms with van der Waals surface area (Å²) in [6.07, 6.45) is 2.82. The van der Waals surface area contributed by atoms with Crippen LogP contribution in [0.15, 0.2) is 0 Å². The van der Waals surface area contributed by atoms with Crippen molar-refractivity contribution in [3.8, 4) is 0 Å². The highest BCUT2D eigenvalue weighted by Crippen LogP contribution is 2.56. The van der Waals surface area contributed by atoms with E-state index in [-0.39, 0.29) is 0 Å². The second-order valence-corrected chi connectivity index (χ2v) is 7.67. The second-order valence-electron chi connectivity index (χ2n) is 7.67. The van der Waals surface area contributed by atoms with Crippen LogP contribution in [0.3, 0.4) is 0 Å². The van der Waals surface area contributed by atoms with Crippen molar-refractivity contribution < 1.29 is 0 Å². The van der Waals surface area contributed by atoms with Crippen LogP contribution >= 0.6 is 0 Å². The fraction of sp³-hybridized carbons (Fsp3) is 1.00. The van der Waals surface area contributed by atoms with E-state index < -0.39 is 0 Å². The molecular formula is C18H36. The number of rotatable bonds is 7. The van der Waals surface area contributed by atoms with Gasteiger partial charge in [-0.2, -0.15) is 0 Å². The molecule has 0 aromatic heterocycles. The van der Waals surface area contributed by atoms with E-state index in [9.17, 15) is 0 Å². The zero-order chi connectivity index (χ0) is 14.0. The highest BCUT2D eigenvalue weighted by molar-refractivity contribution is 4.98. The lowest BCUT2D eigenvalue weighted by Gasteiger charge is -2.29. The molecule has 1 fully saturated rings. The van der Waals surface area contributed by atoms with Gasteiger partial charge in [0.2, 0.25) is 0 Å². The molecule has 0 nitrogen and oxygen atoms in total. The molecule has 108 valence electrons. The molecule has 0 spiro atoms. The molecule has 0 heteroatoms. The smallest absolute Gasteiger partial charge is 0.0326 e. The van der Waals surface area contributed by atoms with Gasteiger partial charge in [0.25, 0.3) is 0 Å². The third kappa shape index (κ3) is 3.52. The third-order valence-electron chi connectivity index (χ3n) is 6.32. The Morgan fingerprint density at radius 2 is 1.44 bits per heavy atom. The fourth-order valence-electron chi connectivity index (χ4n) is 3.89. The minimum atomic E-state index is 0.824. The summed E-state index contributed by atoms with van der Waals surface area (Å²) in [6, 6.07) is 0. The minimum absolute atomic E-state index is 0.824. The minimum Gasteiger partial charge on any atom is -0.0651 e. The van der Waals surface area contributed by atoms with Crippen LogP contribution in [0.2, 0.25) is 0 Å². The van der Waals surface area contributed by atoms with Crippen LogP contribution in [0.4, 0.5) is 0 Å². The largest absolute Gasteiger partial charge is 0.0651 e. The van der Waals surface area contributed by atoms with Gasteiger partial charge < -0.3 is 0 Å². The van der Waals surface area contributed by atoms with Crippen molar-refractivity contribution in [2.45, 2.75) is 68.2 Å². The van der Waals surface area contributed by atoms with E-state index >= 15 is 0 Å². The standard InChI is InChI=1S/C18H36/c1-9-12(4)10-17-16(8)18(17)15(7)14(6)13(5)11(2)3/h11-18H,9-10H2,1-8H3. The molecule has 18 heavy (non-hydrogen) atoms. The molecule has 0 aliphatic heterocycles. The van der Waals surface area contributed by atoms with Gasteiger partial charge in [-0.25, -0.2) is 0 Å². The molecule has 0 heterocycles. The lowest BCUT2D eigenvalue weighted by molar-refractivity contribution is 0.195. The Labute approximate surface area is 116 Å². The highest BCUT2D eigenvalue weighted by Gasteiger charge is 2.50. The van der Waals surface area contributed by atoms with Gasteiger partial charge in [-0.15, -0.1) is 0 Å². The summed E-state index contributed by atoms with van der Waals surface area (Å²) in [6.45, 7) is 19.4. The van der Waals surface area contributed by atoms with E-state index in [0.29, 0.717) is 0 Å². The first-order valence-corrected chi connectivity index (χ1v) is 8.31. The topological polar surface area (TPSA) is 0 Å². The first-order valence-electron chi connectivity index (χ1n) is 8.31. The second kappa shape index (κ2) is 6.44. The van der Waals surface area contributed by atoms with Crippen molar-refractivity contribution in [1.29, 1.82) is 0 Å². The summed E-state index contributed by atoms with van der Waals surface area (Å²) in [5, 5.41) is 0. The van der Waals surface area contributed by atoms with Gasteiger partial charge in [0.05, 0.1) is 0 Å². The highest BCUT2D eigenvalue weighted by atomic mass is 14.6. The van der Waals surface area contributed by atoms with Crippen molar-refractivity contribution in [3.05, 3.63) is 0 Å². The number of hydrogen-bond acceptors (Lipinski definition) is 0. The first-order chi connectivity index (χ1) is 8.31. The first kappa shape index (κ1) is 16.1. The zero-order valence-electron chi connectivity index (χ0n) is 14.0. The Kier molecular flexibility index (Phi) is 5.74. The molecule has 0 N–H and O–H groups in total. The molecule has 0 aromatic carbocycles. The fourth-order valence-corrected chi connectivity index (χ4v) is 3.89. The molecule has 0 bridgehead atoms. The van der Waals surface area contributed by atoms with Crippen LogP contribution in [0.25, 0.3) is 0 Å². The van der Waals surface area contributed by atoms with Crippen molar-refractivity contribution >= 4 is 0 Å². The van der Waals surface area contributed by atoms with E-state index in [1.165, 1.54) is 12.8 Å². The number of hydrogen-bond donors (Lipinski definition) is 0. The predicted octanol–water partition coefficient (Wildman–Crippen LogP) is 5.87. The predicted molar refractivity (Wildman–Crippen MR) is 82.5 cm³/mol. The quantitative estimate of drug-likeness (QED) is 0.531. The molecule has 1 aliphatic carbocycles. The molecule has 0 amide bonds. The van der Waals surface area contributed by atoms with Crippen LogP contribution in [0.5, 0.6) is 0 Å². The summed E-state index contributed by atoms with van der Waals surface area (Å²) in [5.74, 6) is 7.41. The van der Waals surface area contributed by atoms with E-state index in [4.69, 9.17) is 0 Å². The third-order valence-corrected chi connectivity index (χ3v) is 6.32. The van der Waals surface area contributed by atoms with E-state index in [1.54, 1.807) is 0 Å². The lowest BCUT2D eigenvalue weighted by Crippen LogP contribution is -2.23. The van der Waals surface area contributed by atoms with E-state index in [1.807, 2.05) is 0 Å². The summed E-state index contributed by atoms with van der Waals surface area (Å²) in [4.78, 5) is 0. The van der Waals surface area contributed by atoms with Crippen LogP contribution < -0.4 is 0 Å². The molecule has 1 aliphatic rings. The van der Waals surface area contributed by atoms with Gasteiger partial charge in [-0.1, -0.05) is 61.8 Å². The summed E-state index contributed by atoms with van der Waals surface area (Å²) >= 11 is 0. The van der Waals surface area contributed by atoms with Gasteiger partial charge in [-0.05, 0) is 53.8 Å². The molecule has 7 unspecified atom stereocenters. The van der Waals surface area contributed by atoms with Gasteiger partial charge in [0.1, 0.15) is 0 Å². The average Bonchev–Trinajstić information content (AvgIpc) is 2.96. The Balaban J connectivity index is 2.51. The van der Waals surface area contributed by atoms with Crippen molar-refractivity contribution in [3.63, 3.8) is 0 Å². The molecule has 0 radical (unpaired) electrons. The van der Waals surface area contributed by atoms with Crippen LogP contribution in [-0.2, 0) is 0 Å². The SMILES string of the molecule is CCC(C)CC1C(C)C1C(C)C(C)C(C)C(C)C. The molecule has 7 atom stereocenters. The van der Waals surface area contributed by atoms with Crippen LogP contribution in [0.1, 0.15) is 68.2 Å². The van der Waals surface area contributed by atoms with Crippen molar-refractivity contribution in [1.82, 2.24) is 0 Å². The average molecular weight is 252 g/mol. The molecule has 0 aromatic rings. The maximum atomic E-state index is 2.52. The maximum Gasteiger partial charge on any atom is -0.0326 e. The molecule has 1 rings (SSSR count). The van der Waals surface area contributed by atoms with Gasteiger partial charge >= 0.3 is 0 Å². The van der Waals surface area contributed by atoms with Crippen molar-refractivity contribution in [2.24, 2.45) is 47.3 Å². The zero-order valence-corrected chi connectivity index (χ0v) is 14.0. The Hall–Kier alpha value is 0. The van der Waals surface area contributed by atoms with Gasteiger partial charge in [0.15, 0.2) is 0 Å². The summed E-state index contributed by atoms with van der Waals surface area (Å²) in [5.41, 5.74) is 0.